The number of amides is 1. The fourth-order valence-corrected chi connectivity index (χ4v) is 5.63. The molecule has 0 aliphatic carbocycles. The first-order valence-corrected chi connectivity index (χ1v) is 11.9. The number of carbonyl (C=O) groups is 1. The van der Waals surface area contributed by atoms with Gasteiger partial charge in [-0.05, 0) is 50.3 Å². The van der Waals surface area contributed by atoms with Crippen molar-refractivity contribution in [3.05, 3.63) is 44.7 Å². The van der Waals surface area contributed by atoms with Gasteiger partial charge in [-0.3, -0.25) is 18.9 Å². The van der Waals surface area contributed by atoms with E-state index in [4.69, 9.17) is 21.9 Å². The number of rotatable bonds is 4. The average molecular weight is 457 g/mol. The van der Waals surface area contributed by atoms with Gasteiger partial charge in [0.1, 0.15) is 15.8 Å². The third kappa shape index (κ3) is 3.79. The number of nitrogens with zero attached hydrogens (tertiary/aromatic N) is 4. The van der Waals surface area contributed by atoms with Gasteiger partial charge in [-0.1, -0.05) is 30.0 Å². The molecule has 0 spiro atoms. The van der Waals surface area contributed by atoms with Crippen LogP contribution in [0.4, 0.5) is 5.82 Å². The van der Waals surface area contributed by atoms with E-state index in [0.29, 0.717) is 32.8 Å². The van der Waals surface area contributed by atoms with Crippen molar-refractivity contribution in [3.63, 3.8) is 0 Å². The van der Waals surface area contributed by atoms with Crippen LogP contribution in [0.15, 0.2) is 28.0 Å². The van der Waals surface area contributed by atoms with Gasteiger partial charge in [-0.2, -0.15) is 0 Å². The maximum absolute atomic E-state index is 13.5. The van der Waals surface area contributed by atoms with E-state index >= 15 is 0 Å². The molecule has 3 saturated heterocycles. The first-order chi connectivity index (χ1) is 15.0. The zero-order valence-corrected chi connectivity index (χ0v) is 19.0. The minimum absolute atomic E-state index is 0.0259. The molecule has 3 aliphatic rings. The molecular weight excluding hydrogens is 432 g/mol. The fraction of sp³-hybridized carbons (Fsp3) is 0.455. The van der Waals surface area contributed by atoms with Crippen molar-refractivity contribution < 1.29 is 9.53 Å². The smallest absolute Gasteiger partial charge is 0.267 e. The van der Waals surface area contributed by atoms with Crippen molar-refractivity contribution in [1.82, 2.24) is 14.3 Å². The van der Waals surface area contributed by atoms with Crippen LogP contribution in [-0.4, -0.2) is 56.9 Å². The lowest BCUT2D eigenvalue weighted by molar-refractivity contribution is -0.123. The Kier molecular flexibility index (Phi) is 5.58. The molecule has 5 rings (SSSR count). The molecule has 3 aliphatic heterocycles. The van der Waals surface area contributed by atoms with Gasteiger partial charge in [0.05, 0.1) is 23.1 Å². The molecule has 0 saturated carbocycles. The number of hydrogen-bond acceptors (Lipinski definition) is 7. The Morgan fingerprint density at radius 3 is 2.84 bits per heavy atom. The van der Waals surface area contributed by atoms with Crippen LogP contribution < -0.4 is 10.5 Å². The fourth-order valence-electron chi connectivity index (χ4n) is 4.38. The van der Waals surface area contributed by atoms with Crippen molar-refractivity contribution in [2.24, 2.45) is 0 Å². The van der Waals surface area contributed by atoms with E-state index in [2.05, 4.69) is 4.90 Å². The molecule has 3 fully saturated rings. The van der Waals surface area contributed by atoms with Gasteiger partial charge in [0.25, 0.3) is 11.5 Å². The molecule has 0 N–H and O–H groups in total. The van der Waals surface area contributed by atoms with Crippen LogP contribution in [0.25, 0.3) is 11.7 Å². The molecule has 5 heterocycles. The number of thioether (sulfide) groups is 1. The van der Waals surface area contributed by atoms with Crippen LogP contribution >= 0.6 is 24.0 Å². The summed E-state index contributed by atoms with van der Waals surface area (Å²) in [6.45, 7) is 4.86. The van der Waals surface area contributed by atoms with Gasteiger partial charge in [-0.25, -0.2) is 4.98 Å². The number of fused-ring (bicyclic) bond motifs is 1. The Morgan fingerprint density at radius 1 is 1.29 bits per heavy atom. The van der Waals surface area contributed by atoms with Gasteiger partial charge in [0, 0.05) is 25.9 Å². The second kappa shape index (κ2) is 8.37. The summed E-state index contributed by atoms with van der Waals surface area (Å²) in [7, 11) is 0. The molecule has 0 aromatic carbocycles. The number of hydrogen-bond donors (Lipinski definition) is 0. The number of aromatic nitrogens is 2. The molecule has 7 nitrogen and oxygen atoms in total. The van der Waals surface area contributed by atoms with Gasteiger partial charge in [0.15, 0.2) is 0 Å². The van der Waals surface area contributed by atoms with E-state index in [0.717, 1.165) is 50.9 Å². The van der Waals surface area contributed by atoms with E-state index in [1.54, 1.807) is 21.6 Å². The third-order valence-electron chi connectivity index (χ3n) is 6.03. The van der Waals surface area contributed by atoms with Gasteiger partial charge in [-0.15, -0.1) is 0 Å². The van der Waals surface area contributed by atoms with Crippen molar-refractivity contribution >= 4 is 51.7 Å². The van der Waals surface area contributed by atoms with Crippen molar-refractivity contribution in [2.75, 3.05) is 31.1 Å². The Bertz CT molecular complexity index is 1150. The predicted octanol–water partition coefficient (Wildman–Crippen LogP) is 2.98. The van der Waals surface area contributed by atoms with E-state index in [9.17, 15) is 9.59 Å². The maximum Gasteiger partial charge on any atom is 0.267 e. The highest BCUT2D eigenvalue weighted by Gasteiger charge is 2.35. The van der Waals surface area contributed by atoms with Crippen molar-refractivity contribution in [3.8, 4) is 0 Å². The quantitative estimate of drug-likeness (QED) is 0.518. The minimum atomic E-state index is -0.167. The Morgan fingerprint density at radius 2 is 2.10 bits per heavy atom. The lowest BCUT2D eigenvalue weighted by Gasteiger charge is -2.20. The molecule has 0 radical (unpaired) electrons. The highest BCUT2D eigenvalue weighted by Crippen LogP contribution is 2.34. The summed E-state index contributed by atoms with van der Waals surface area (Å²) in [5.74, 6) is 0.493. The monoisotopic (exact) mass is 456 g/mol. The lowest BCUT2D eigenvalue weighted by atomic mass is 10.2. The molecular formula is C22H24N4O3S2. The Hall–Kier alpha value is -2.23. The molecule has 162 valence electrons. The highest BCUT2D eigenvalue weighted by atomic mass is 32.2. The average Bonchev–Trinajstić information content (AvgIpc) is 3.51. The van der Waals surface area contributed by atoms with Crippen LogP contribution in [0, 0.1) is 6.92 Å². The second-order valence-corrected chi connectivity index (χ2v) is 9.84. The molecule has 9 heteroatoms. The summed E-state index contributed by atoms with van der Waals surface area (Å²) in [4.78, 5) is 35.7. The first-order valence-electron chi connectivity index (χ1n) is 10.7. The number of carbonyl (C=O) groups excluding carboxylic acids is 1. The lowest BCUT2D eigenvalue weighted by Crippen LogP contribution is -2.35. The summed E-state index contributed by atoms with van der Waals surface area (Å²) in [5.41, 5.74) is 1.87. The van der Waals surface area contributed by atoms with Crippen molar-refractivity contribution in [2.45, 2.75) is 38.7 Å². The Balaban J connectivity index is 1.57. The maximum atomic E-state index is 13.5. The van der Waals surface area contributed by atoms with Crippen LogP contribution in [0.5, 0.6) is 0 Å². The largest absolute Gasteiger partial charge is 0.376 e. The summed E-state index contributed by atoms with van der Waals surface area (Å²) in [5, 5.41) is 0. The normalized spacial score (nSPS) is 23.1. The van der Waals surface area contributed by atoms with E-state index in [-0.39, 0.29) is 17.6 Å². The topological polar surface area (TPSA) is 67.2 Å². The van der Waals surface area contributed by atoms with Gasteiger partial charge >= 0.3 is 0 Å². The zero-order chi connectivity index (χ0) is 21.5. The molecule has 1 unspecified atom stereocenters. The minimum Gasteiger partial charge on any atom is -0.376 e. The molecule has 2 aromatic rings. The summed E-state index contributed by atoms with van der Waals surface area (Å²) in [6, 6.07) is 3.79. The van der Waals surface area contributed by atoms with E-state index < -0.39 is 0 Å². The third-order valence-corrected chi connectivity index (χ3v) is 7.41. The van der Waals surface area contributed by atoms with Crippen LogP contribution in [-0.2, 0) is 9.53 Å². The molecule has 1 amide bonds. The zero-order valence-electron chi connectivity index (χ0n) is 17.4. The SMILES string of the molecule is Cc1cccn2c(=O)c(/C=C3/SC(=S)N(CC4CCCO4)C3=O)c(N3CCCC3)nc12. The van der Waals surface area contributed by atoms with Crippen LogP contribution in [0.3, 0.4) is 0 Å². The van der Waals surface area contributed by atoms with Crippen molar-refractivity contribution in [1.29, 1.82) is 0 Å². The number of aryl methyl sites for hydroxylation is 1. The van der Waals surface area contributed by atoms with Crippen LogP contribution in [0.1, 0.15) is 36.8 Å². The van der Waals surface area contributed by atoms with Crippen LogP contribution in [0.2, 0.25) is 0 Å². The molecule has 2 aromatic heterocycles. The number of ether oxygens (including phenoxy) is 1. The standard InChI is InChI=1S/C22H24N4O3S2/c1-14-6-4-10-25-18(14)23-19(24-8-2-3-9-24)16(20(25)27)12-17-21(28)26(22(30)31-17)13-15-7-5-11-29-15/h4,6,10,12,15H,2-3,5,7-9,11,13H2,1H3/b17-12+. The van der Waals surface area contributed by atoms with E-state index in [1.165, 1.54) is 11.8 Å². The second-order valence-electron chi connectivity index (χ2n) is 8.16. The summed E-state index contributed by atoms with van der Waals surface area (Å²) in [6.07, 6.45) is 7.52. The molecule has 0 bridgehead atoms. The highest BCUT2D eigenvalue weighted by molar-refractivity contribution is 8.26. The number of pyridine rings is 1. The molecule has 1 atom stereocenters. The predicted molar refractivity (Wildman–Crippen MR) is 126 cm³/mol. The molecule has 31 heavy (non-hydrogen) atoms. The van der Waals surface area contributed by atoms with Gasteiger partial charge < -0.3 is 9.64 Å². The summed E-state index contributed by atoms with van der Waals surface area (Å²) >= 11 is 6.72. The number of thiocarbonyl (C=S) groups is 1. The van der Waals surface area contributed by atoms with E-state index in [1.807, 2.05) is 19.1 Å². The summed E-state index contributed by atoms with van der Waals surface area (Å²) < 4.78 is 7.75. The Labute approximate surface area is 190 Å². The number of anilines is 1. The first kappa shape index (κ1) is 20.7. The van der Waals surface area contributed by atoms with Gasteiger partial charge in [0.2, 0.25) is 0 Å².